The van der Waals surface area contributed by atoms with Gasteiger partial charge in [-0.15, -0.1) is 0 Å². The van der Waals surface area contributed by atoms with E-state index in [4.69, 9.17) is 33.0 Å². The molecule has 1 aliphatic heterocycles. The van der Waals surface area contributed by atoms with Gasteiger partial charge in [0.1, 0.15) is 5.70 Å². The number of carboxylic acids is 2. The molecule has 1 heterocycles. The molecule has 1 aliphatic rings. The molecular formula is C19H23Cl2NO5. The number of carbonyl (C=O) groups is 2. The predicted octanol–water partition coefficient (Wildman–Crippen LogP) is 3.71. The van der Waals surface area contributed by atoms with Gasteiger partial charge in [-0.25, -0.2) is 9.59 Å². The predicted molar refractivity (Wildman–Crippen MR) is 103 cm³/mol. The first-order valence-corrected chi connectivity index (χ1v) is 9.46. The third-order valence-corrected chi connectivity index (χ3v) is 5.56. The van der Waals surface area contributed by atoms with E-state index >= 15 is 0 Å². The molecule has 148 valence electrons. The van der Waals surface area contributed by atoms with E-state index in [-0.39, 0.29) is 11.1 Å². The average molecular weight is 416 g/mol. The van der Waals surface area contributed by atoms with E-state index in [0.717, 1.165) is 18.1 Å². The highest BCUT2D eigenvalue weighted by atomic mass is 35.5. The van der Waals surface area contributed by atoms with E-state index in [1.54, 1.807) is 11.0 Å². The Labute approximate surface area is 168 Å². The summed E-state index contributed by atoms with van der Waals surface area (Å²) in [6.45, 7) is 3.95. The Balaban J connectivity index is 2.17. The topological polar surface area (TPSA) is 87.1 Å². The Morgan fingerprint density at radius 3 is 2.41 bits per heavy atom. The Morgan fingerprint density at radius 2 is 1.89 bits per heavy atom. The van der Waals surface area contributed by atoms with Crippen LogP contribution in [0.1, 0.15) is 25.3 Å². The highest BCUT2D eigenvalue weighted by Gasteiger charge is 2.36. The van der Waals surface area contributed by atoms with Gasteiger partial charge in [0.15, 0.2) is 0 Å². The van der Waals surface area contributed by atoms with Crippen molar-refractivity contribution < 1.29 is 24.5 Å². The van der Waals surface area contributed by atoms with Crippen molar-refractivity contribution in [3.05, 3.63) is 45.6 Å². The van der Waals surface area contributed by atoms with E-state index in [0.29, 0.717) is 49.2 Å². The molecule has 6 nitrogen and oxygen atoms in total. The van der Waals surface area contributed by atoms with Crippen LogP contribution in [0.25, 0.3) is 0 Å². The van der Waals surface area contributed by atoms with E-state index in [1.165, 1.54) is 0 Å². The van der Waals surface area contributed by atoms with Crippen molar-refractivity contribution in [3.63, 3.8) is 0 Å². The van der Waals surface area contributed by atoms with Gasteiger partial charge in [-0.05, 0) is 43.9 Å². The second kappa shape index (κ2) is 9.44. The standard InChI is InChI=1S/C19H23Cl2NO5/c1-2-27-12-19(11-13-3-4-14(20)15(21)9-13)5-7-22(8-6-19)16(18(25)26)10-17(23)24/h3-4,9-10H,2,5-8,11-12H2,1H3,(H,23,24)(H,25,26). The van der Waals surface area contributed by atoms with Crippen molar-refractivity contribution in [1.29, 1.82) is 0 Å². The van der Waals surface area contributed by atoms with Crippen LogP contribution in [0.15, 0.2) is 30.0 Å². The summed E-state index contributed by atoms with van der Waals surface area (Å²) in [7, 11) is 0. The summed E-state index contributed by atoms with van der Waals surface area (Å²) in [4.78, 5) is 23.9. The number of piperidine rings is 1. The number of ether oxygens (including phenoxy) is 1. The van der Waals surface area contributed by atoms with Crippen molar-refractivity contribution in [2.75, 3.05) is 26.3 Å². The fraction of sp³-hybridized carbons (Fsp3) is 0.474. The number of aliphatic carboxylic acids is 2. The van der Waals surface area contributed by atoms with E-state index in [2.05, 4.69) is 0 Å². The Morgan fingerprint density at radius 1 is 1.22 bits per heavy atom. The van der Waals surface area contributed by atoms with Crippen LogP contribution in [0, 0.1) is 5.41 Å². The first-order chi connectivity index (χ1) is 12.8. The van der Waals surface area contributed by atoms with Crippen molar-refractivity contribution in [2.45, 2.75) is 26.2 Å². The molecule has 1 fully saturated rings. The summed E-state index contributed by atoms with van der Waals surface area (Å²) >= 11 is 12.1. The van der Waals surface area contributed by atoms with E-state index in [1.807, 2.05) is 19.1 Å². The molecule has 2 rings (SSSR count). The van der Waals surface area contributed by atoms with Crippen LogP contribution in [0.3, 0.4) is 0 Å². The van der Waals surface area contributed by atoms with Crippen LogP contribution in [-0.2, 0) is 20.7 Å². The monoisotopic (exact) mass is 415 g/mol. The summed E-state index contributed by atoms with van der Waals surface area (Å²) in [6.07, 6.45) is 2.83. The van der Waals surface area contributed by atoms with Crippen LogP contribution in [0.5, 0.6) is 0 Å². The molecule has 1 aromatic carbocycles. The first kappa shape index (κ1) is 21.5. The lowest BCUT2D eigenvalue weighted by Gasteiger charge is -2.42. The normalized spacial score (nSPS) is 17.0. The van der Waals surface area contributed by atoms with Crippen LogP contribution in [-0.4, -0.2) is 53.4 Å². The maximum Gasteiger partial charge on any atom is 0.352 e. The fourth-order valence-corrected chi connectivity index (χ4v) is 3.72. The summed E-state index contributed by atoms with van der Waals surface area (Å²) < 4.78 is 5.71. The zero-order valence-electron chi connectivity index (χ0n) is 15.1. The molecule has 0 aliphatic carbocycles. The number of benzene rings is 1. The molecule has 0 saturated carbocycles. The number of rotatable bonds is 8. The van der Waals surface area contributed by atoms with Crippen LogP contribution >= 0.6 is 23.2 Å². The minimum atomic E-state index is -1.27. The van der Waals surface area contributed by atoms with Gasteiger partial charge in [0.05, 0.1) is 22.7 Å². The molecule has 0 atom stereocenters. The fourth-order valence-electron chi connectivity index (χ4n) is 3.40. The number of hydrogen-bond donors (Lipinski definition) is 2. The second-order valence-electron chi connectivity index (χ2n) is 6.72. The summed E-state index contributed by atoms with van der Waals surface area (Å²) in [5.74, 6) is -2.51. The van der Waals surface area contributed by atoms with Crippen LogP contribution in [0.4, 0.5) is 0 Å². The third kappa shape index (κ3) is 5.86. The SMILES string of the molecule is CCOCC1(Cc2ccc(Cl)c(Cl)c2)CCN(C(=CC(=O)O)C(=O)O)CC1. The maximum atomic E-state index is 11.4. The molecule has 2 N–H and O–H groups in total. The lowest BCUT2D eigenvalue weighted by molar-refractivity contribution is -0.137. The average Bonchev–Trinajstić information content (AvgIpc) is 2.62. The van der Waals surface area contributed by atoms with Gasteiger partial charge in [-0.2, -0.15) is 0 Å². The highest BCUT2D eigenvalue weighted by Crippen LogP contribution is 2.37. The van der Waals surface area contributed by atoms with Gasteiger partial charge in [-0.3, -0.25) is 0 Å². The zero-order valence-corrected chi connectivity index (χ0v) is 16.6. The third-order valence-electron chi connectivity index (χ3n) is 4.82. The minimum Gasteiger partial charge on any atom is -0.478 e. The first-order valence-electron chi connectivity index (χ1n) is 8.71. The van der Waals surface area contributed by atoms with Crippen molar-refractivity contribution >= 4 is 35.1 Å². The van der Waals surface area contributed by atoms with Gasteiger partial charge in [0.25, 0.3) is 0 Å². The summed E-state index contributed by atoms with van der Waals surface area (Å²) in [5.41, 5.74) is 0.676. The number of nitrogens with zero attached hydrogens (tertiary/aromatic N) is 1. The van der Waals surface area contributed by atoms with Crippen LogP contribution in [0.2, 0.25) is 10.0 Å². The number of hydrogen-bond acceptors (Lipinski definition) is 4. The van der Waals surface area contributed by atoms with Crippen molar-refractivity contribution in [2.24, 2.45) is 5.41 Å². The number of likely N-dealkylation sites (tertiary alicyclic amines) is 1. The van der Waals surface area contributed by atoms with Crippen molar-refractivity contribution in [3.8, 4) is 0 Å². The summed E-state index contributed by atoms with van der Waals surface area (Å²) in [5, 5.41) is 19.2. The van der Waals surface area contributed by atoms with Gasteiger partial charge in [0.2, 0.25) is 0 Å². The van der Waals surface area contributed by atoms with Gasteiger partial charge >= 0.3 is 11.9 Å². The zero-order chi connectivity index (χ0) is 20.0. The molecule has 1 aromatic rings. The lowest BCUT2D eigenvalue weighted by Crippen LogP contribution is -2.44. The van der Waals surface area contributed by atoms with Gasteiger partial charge in [0, 0.05) is 25.1 Å². The minimum absolute atomic E-state index is 0.170. The molecule has 0 amide bonds. The molecule has 27 heavy (non-hydrogen) atoms. The van der Waals surface area contributed by atoms with Gasteiger partial charge < -0.3 is 19.8 Å². The summed E-state index contributed by atoms with van der Waals surface area (Å²) in [6, 6.07) is 5.54. The molecule has 0 bridgehead atoms. The smallest absolute Gasteiger partial charge is 0.352 e. The molecule has 8 heteroatoms. The quantitative estimate of drug-likeness (QED) is 0.629. The molecular weight excluding hydrogens is 393 g/mol. The molecule has 0 aromatic heterocycles. The van der Waals surface area contributed by atoms with Crippen molar-refractivity contribution in [1.82, 2.24) is 4.90 Å². The van der Waals surface area contributed by atoms with Gasteiger partial charge in [-0.1, -0.05) is 29.3 Å². The molecule has 1 saturated heterocycles. The number of halogens is 2. The highest BCUT2D eigenvalue weighted by molar-refractivity contribution is 6.42. The Kier molecular flexibility index (Phi) is 7.53. The second-order valence-corrected chi connectivity index (χ2v) is 7.54. The maximum absolute atomic E-state index is 11.4. The van der Waals surface area contributed by atoms with E-state index < -0.39 is 11.9 Å². The lowest BCUT2D eigenvalue weighted by atomic mass is 9.74. The van der Waals surface area contributed by atoms with Crippen LogP contribution < -0.4 is 0 Å². The largest absolute Gasteiger partial charge is 0.478 e. The van der Waals surface area contributed by atoms with E-state index in [9.17, 15) is 14.7 Å². The Hall–Kier alpha value is -1.76. The molecule has 0 unspecified atom stereocenters. The molecule has 0 spiro atoms. The number of carboxylic acid groups (broad SMARTS) is 2. The molecule has 0 radical (unpaired) electrons. The Bertz CT molecular complexity index is 727.